The van der Waals surface area contributed by atoms with Crippen molar-refractivity contribution in [3.63, 3.8) is 0 Å². The van der Waals surface area contributed by atoms with Gasteiger partial charge in [0.15, 0.2) is 0 Å². The lowest BCUT2D eigenvalue weighted by atomic mass is 10.0. The van der Waals surface area contributed by atoms with Crippen molar-refractivity contribution in [2.24, 2.45) is 0 Å². The van der Waals surface area contributed by atoms with Gasteiger partial charge in [-0.1, -0.05) is 26.2 Å². The minimum absolute atomic E-state index is 0. The van der Waals surface area contributed by atoms with Crippen LogP contribution in [0.2, 0.25) is 0 Å². The molecular formula is C8H21NO. The summed E-state index contributed by atoms with van der Waals surface area (Å²) in [6.07, 6.45) is 4.56. The molecule has 10 heavy (non-hydrogen) atoms. The summed E-state index contributed by atoms with van der Waals surface area (Å²) in [4.78, 5) is 0. The second-order valence-electron chi connectivity index (χ2n) is 3.27. The SMILES string of the molecule is CCCCCC(C)(C)O.N. The summed E-state index contributed by atoms with van der Waals surface area (Å²) in [7, 11) is 0. The zero-order valence-electron chi connectivity index (χ0n) is 7.48. The molecule has 0 rings (SSSR count). The summed E-state index contributed by atoms with van der Waals surface area (Å²) in [6.45, 7) is 5.90. The van der Waals surface area contributed by atoms with Crippen LogP contribution in [-0.2, 0) is 0 Å². The summed E-state index contributed by atoms with van der Waals surface area (Å²) in [5, 5.41) is 9.24. The minimum atomic E-state index is -0.449. The maximum Gasteiger partial charge on any atom is 0.0591 e. The van der Waals surface area contributed by atoms with E-state index in [1.54, 1.807) is 0 Å². The van der Waals surface area contributed by atoms with Gasteiger partial charge in [-0.3, -0.25) is 0 Å². The Balaban J connectivity index is 0. The van der Waals surface area contributed by atoms with E-state index in [0.717, 1.165) is 12.8 Å². The molecule has 0 aliphatic heterocycles. The molecule has 0 aromatic rings. The first-order valence-electron chi connectivity index (χ1n) is 3.78. The van der Waals surface area contributed by atoms with E-state index in [-0.39, 0.29) is 6.15 Å². The maximum atomic E-state index is 9.24. The highest BCUT2D eigenvalue weighted by Gasteiger charge is 2.10. The van der Waals surface area contributed by atoms with Gasteiger partial charge in [0, 0.05) is 0 Å². The highest BCUT2D eigenvalue weighted by molar-refractivity contribution is 4.63. The Hall–Kier alpha value is -0.0800. The quantitative estimate of drug-likeness (QED) is 0.600. The molecule has 0 aromatic carbocycles. The van der Waals surface area contributed by atoms with Gasteiger partial charge in [-0.2, -0.15) is 0 Å². The largest absolute Gasteiger partial charge is 0.390 e. The lowest BCUT2D eigenvalue weighted by molar-refractivity contribution is 0.0682. The van der Waals surface area contributed by atoms with Crippen molar-refractivity contribution in [2.45, 2.75) is 52.1 Å². The van der Waals surface area contributed by atoms with Gasteiger partial charge in [0.2, 0.25) is 0 Å². The molecule has 2 heteroatoms. The summed E-state index contributed by atoms with van der Waals surface area (Å²) in [5.41, 5.74) is -0.449. The molecule has 64 valence electrons. The summed E-state index contributed by atoms with van der Waals surface area (Å²) in [6, 6.07) is 0. The molecule has 0 aliphatic carbocycles. The molecule has 4 N–H and O–H groups in total. The Bertz CT molecular complexity index is 66.1. The van der Waals surface area contributed by atoms with E-state index in [0.29, 0.717) is 0 Å². The number of aliphatic hydroxyl groups is 1. The Morgan fingerprint density at radius 3 is 2.00 bits per heavy atom. The fraction of sp³-hybridized carbons (Fsp3) is 1.00. The standard InChI is InChI=1S/C8H18O.H3N/c1-4-5-6-7-8(2,3)9;/h9H,4-7H2,1-3H3;1H3. The van der Waals surface area contributed by atoms with Crippen LogP contribution in [0.5, 0.6) is 0 Å². The number of rotatable bonds is 4. The second-order valence-corrected chi connectivity index (χ2v) is 3.27. The molecule has 0 radical (unpaired) electrons. The third kappa shape index (κ3) is 10.8. The smallest absolute Gasteiger partial charge is 0.0591 e. The van der Waals surface area contributed by atoms with Crippen LogP contribution in [0.25, 0.3) is 0 Å². The van der Waals surface area contributed by atoms with E-state index in [9.17, 15) is 5.11 Å². The van der Waals surface area contributed by atoms with E-state index in [1.165, 1.54) is 12.8 Å². The van der Waals surface area contributed by atoms with Crippen molar-refractivity contribution in [1.29, 1.82) is 0 Å². The monoisotopic (exact) mass is 147 g/mol. The molecule has 0 bridgehead atoms. The molecule has 0 spiro atoms. The normalized spacial score (nSPS) is 10.8. The number of hydrogen-bond acceptors (Lipinski definition) is 2. The fourth-order valence-electron chi connectivity index (χ4n) is 0.808. The fourth-order valence-corrected chi connectivity index (χ4v) is 0.808. The van der Waals surface area contributed by atoms with Crippen molar-refractivity contribution in [1.82, 2.24) is 6.15 Å². The van der Waals surface area contributed by atoms with Gasteiger partial charge in [0.25, 0.3) is 0 Å². The summed E-state index contributed by atoms with van der Waals surface area (Å²) >= 11 is 0. The predicted molar refractivity (Wildman–Crippen MR) is 45.5 cm³/mol. The molecule has 0 atom stereocenters. The average molecular weight is 147 g/mol. The third-order valence-corrected chi connectivity index (χ3v) is 1.39. The highest BCUT2D eigenvalue weighted by Crippen LogP contribution is 2.12. The molecule has 0 saturated carbocycles. The first kappa shape index (κ1) is 12.6. The van der Waals surface area contributed by atoms with Gasteiger partial charge in [0.1, 0.15) is 0 Å². The first-order valence-corrected chi connectivity index (χ1v) is 3.78. The van der Waals surface area contributed by atoms with Gasteiger partial charge in [-0.15, -0.1) is 0 Å². The maximum absolute atomic E-state index is 9.24. The Kier molecular flexibility index (Phi) is 7.15. The molecule has 0 unspecified atom stereocenters. The second kappa shape index (κ2) is 5.69. The van der Waals surface area contributed by atoms with Crippen LogP contribution in [0.1, 0.15) is 46.5 Å². The van der Waals surface area contributed by atoms with Gasteiger partial charge >= 0.3 is 0 Å². The Morgan fingerprint density at radius 2 is 1.70 bits per heavy atom. The molecule has 0 saturated heterocycles. The van der Waals surface area contributed by atoms with Crippen LogP contribution in [0, 0.1) is 0 Å². The molecule has 0 aromatic heterocycles. The van der Waals surface area contributed by atoms with Crippen LogP contribution in [0.15, 0.2) is 0 Å². The number of unbranched alkanes of at least 4 members (excludes halogenated alkanes) is 2. The van der Waals surface area contributed by atoms with Crippen molar-refractivity contribution < 1.29 is 5.11 Å². The highest BCUT2D eigenvalue weighted by atomic mass is 16.3. The zero-order chi connectivity index (χ0) is 7.33. The molecule has 0 amide bonds. The van der Waals surface area contributed by atoms with E-state index in [2.05, 4.69) is 6.92 Å². The molecule has 2 nitrogen and oxygen atoms in total. The van der Waals surface area contributed by atoms with Crippen LogP contribution < -0.4 is 6.15 Å². The number of hydrogen-bond donors (Lipinski definition) is 2. The van der Waals surface area contributed by atoms with Gasteiger partial charge < -0.3 is 11.3 Å². The van der Waals surface area contributed by atoms with Crippen molar-refractivity contribution in [3.8, 4) is 0 Å². The van der Waals surface area contributed by atoms with Crippen LogP contribution in [0.3, 0.4) is 0 Å². The van der Waals surface area contributed by atoms with E-state index >= 15 is 0 Å². The van der Waals surface area contributed by atoms with Gasteiger partial charge in [-0.05, 0) is 20.3 Å². The van der Waals surface area contributed by atoms with Gasteiger partial charge in [0.05, 0.1) is 5.60 Å². The topological polar surface area (TPSA) is 55.2 Å². The first-order chi connectivity index (χ1) is 4.06. The van der Waals surface area contributed by atoms with E-state index < -0.39 is 5.60 Å². The predicted octanol–water partition coefficient (Wildman–Crippen LogP) is 2.50. The summed E-state index contributed by atoms with van der Waals surface area (Å²) in [5.74, 6) is 0. The van der Waals surface area contributed by atoms with Crippen LogP contribution >= 0.6 is 0 Å². The Morgan fingerprint density at radius 1 is 1.20 bits per heavy atom. The van der Waals surface area contributed by atoms with Crippen LogP contribution in [-0.4, -0.2) is 10.7 Å². The molecule has 0 fully saturated rings. The lowest BCUT2D eigenvalue weighted by Crippen LogP contribution is -2.17. The molecule has 0 aliphatic rings. The van der Waals surface area contributed by atoms with E-state index in [1.807, 2.05) is 13.8 Å². The lowest BCUT2D eigenvalue weighted by Gasteiger charge is -2.15. The van der Waals surface area contributed by atoms with Crippen molar-refractivity contribution in [2.75, 3.05) is 0 Å². The van der Waals surface area contributed by atoms with Crippen molar-refractivity contribution in [3.05, 3.63) is 0 Å². The van der Waals surface area contributed by atoms with Crippen LogP contribution in [0.4, 0.5) is 0 Å². The third-order valence-electron chi connectivity index (χ3n) is 1.39. The minimum Gasteiger partial charge on any atom is -0.390 e. The van der Waals surface area contributed by atoms with E-state index in [4.69, 9.17) is 0 Å². The zero-order valence-corrected chi connectivity index (χ0v) is 7.48. The molecular weight excluding hydrogens is 126 g/mol. The summed E-state index contributed by atoms with van der Waals surface area (Å²) < 4.78 is 0. The average Bonchev–Trinajstić information content (AvgIpc) is 1.63. The van der Waals surface area contributed by atoms with Gasteiger partial charge in [-0.25, -0.2) is 0 Å². The molecule has 0 heterocycles. The Labute approximate surface area is 64.2 Å². The van der Waals surface area contributed by atoms with Crippen molar-refractivity contribution >= 4 is 0 Å².